The molecule has 6 heteroatoms. The standard InChI is InChI=1S/C22H19N3O3/c26-21-13-12-19(24-25-21)17-10-8-15(9-11-17)14-28-22(27)23-20-7-3-5-16-4-1-2-6-18(16)20/h1-11H,12-14H2,(H,23,27)(H,25,26). The highest BCUT2D eigenvalue weighted by atomic mass is 16.5. The lowest BCUT2D eigenvalue weighted by molar-refractivity contribution is -0.121. The first-order chi connectivity index (χ1) is 13.7. The summed E-state index contributed by atoms with van der Waals surface area (Å²) in [5.74, 6) is -0.0639. The van der Waals surface area contributed by atoms with Gasteiger partial charge in [-0.05, 0) is 22.6 Å². The van der Waals surface area contributed by atoms with Crippen LogP contribution >= 0.6 is 0 Å². The topological polar surface area (TPSA) is 79.8 Å². The van der Waals surface area contributed by atoms with Gasteiger partial charge in [0.1, 0.15) is 6.61 Å². The number of hydrogen-bond donors (Lipinski definition) is 2. The molecule has 0 saturated heterocycles. The van der Waals surface area contributed by atoms with Crippen molar-refractivity contribution in [2.45, 2.75) is 19.4 Å². The van der Waals surface area contributed by atoms with Gasteiger partial charge in [-0.2, -0.15) is 5.10 Å². The van der Waals surface area contributed by atoms with Gasteiger partial charge >= 0.3 is 6.09 Å². The zero-order valence-corrected chi connectivity index (χ0v) is 15.1. The van der Waals surface area contributed by atoms with Crippen LogP contribution in [0, 0.1) is 0 Å². The molecule has 28 heavy (non-hydrogen) atoms. The van der Waals surface area contributed by atoms with Gasteiger partial charge in [0.05, 0.1) is 11.4 Å². The lowest BCUT2D eigenvalue weighted by Crippen LogP contribution is -2.25. The highest BCUT2D eigenvalue weighted by Gasteiger charge is 2.13. The minimum atomic E-state index is -0.500. The number of benzene rings is 3. The summed E-state index contributed by atoms with van der Waals surface area (Å²) in [6.07, 6.45) is 0.562. The fraction of sp³-hybridized carbons (Fsp3) is 0.136. The van der Waals surface area contributed by atoms with Crippen LogP contribution in [0.25, 0.3) is 10.8 Å². The largest absolute Gasteiger partial charge is 0.444 e. The number of rotatable bonds is 4. The summed E-state index contributed by atoms with van der Waals surface area (Å²) in [6.45, 7) is 0.167. The molecule has 0 aliphatic carbocycles. The molecule has 4 rings (SSSR count). The summed E-state index contributed by atoms with van der Waals surface area (Å²) < 4.78 is 5.34. The molecule has 1 heterocycles. The number of fused-ring (bicyclic) bond motifs is 1. The zero-order chi connectivity index (χ0) is 19.3. The van der Waals surface area contributed by atoms with Crippen LogP contribution < -0.4 is 10.7 Å². The SMILES string of the molecule is O=C1CCC(c2ccc(COC(=O)Nc3cccc4ccccc34)cc2)=NN1. The van der Waals surface area contributed by atoms with Crippen molar-refractivity contribution in [3.63, 3.8) is 0 Å². The third-order valence-electron chi connectivity index (χ3n) is 4.59. The van der Waals surface area contributed by atoms with Crippen molar-refractivity contribution in [1.82, 2.24) is 5.43 Å². The summed E-state index contributed by atoms with van der Waals surface area (Å²) in [6, 6.07) is 21.2. The lowest BCUT2D eigenvalue weighted by atomic mass is 10.0. The molecule has 0 atom stereocenters. The number of hydrazone groups is 1. The summed E-state index contributed by atoms with van der Waals surface area (Å²) in [5.41, 5.74) is 5.88. The molecule has 0 fully saturated rings. The number of nitrogens with zero attached hydrogens (tertiary/aromatic N) is 1. The van der Waals surface area contributed by atoms with Gasteiger partial charge in [-0.25, -0.2) is 10.2 Å². The van der Waals surface area contributed by atoms with Crippen LogP contribution in [0.15, 0.2) is 71.8 Å². The van der Waals surface area contributed by atoms with Crippen LogP contribution in [0.3, 0.4) is 0 Å². The maximum absolute atomic E-state index is 12.2. The Hall–Kier alpha value is -3.67. The molecule has 2 N–H and O–H groups in total. The van der Waals surface area contributed by atoms with E-state index in [1.165, 1.54) is 0 Å². The van der Waals surface area contributed by atoms with Crippen LogP contribution in [-0.4, -0.2) is 17.7 Å². The van der Waals surface area contributed by atoms with Crippen LogP contribution in [0.1, 0.15) is 24.0 Å². The summed E-state index contributed by atoms with van der Waals surface area (Å²) in [5, 5.41) is 8.90. The van der Waals surface area contributed by atoms with Crippen molar-refractivity contribution in [2.75, 3.05) is 5.32 Å². The molecule has 0 unspecified atom stereocenters. The maximum atomic E-state index is 12.2. The molecule has 3 aromatic carbocycles. The Morgan fingerprint density at radius 1 is 1.00 bits per heavy atom. The van der Waals surface area contributed by atoms with Crippen molar-refractivity contribution in [2.24, 2.45) is 5.10 Å². The van der Waals surface area contributed by atoms with Crippen LogP contribution in [0.2, 0.25) is 0 Å². The summed E-state index contributed by atoms with van der Waals surface area (Å²) in [7, 11) is 0. The molecular formula is C22H19N3O3. The van der Waals surface area contributed by atoms with E-state index in [1.807, 2.05) is 66.7 Å². The van der Waals surface area contributed by atoms with Crippen LogP contribution in [0.5, 0.6) is 0 Å². The normalized spacial score (nSPS) is 13.6. The molecule has 0 bridgehead atoms. The smallest absolute Gasteiger partial charge is 0.411 e. The zero-order valence-electron chi connectivity index (χ0n) is 15.1. The Balaban J connectivity index is 1.36. The molecule has 1 aliphatic rings. The molecule has 3 aromatic rings. The first-order valence-corrected chi connectivity index (χ1v) is 9.05. The highest BCUT2D eigenvalue weighted by Crippen LogP contribution is 2.23. The Bertz CT molecular complexity index is 1050. The number of nitrogens with one attached hydrogen (secondary N) is 2. The second kappa shape index (κ2) is 7.92. The van der Waals surface area contributed by atoms with E-state index in [0.717, 1.165) is 33.3 Å². The second-order valence-corrected chi connectivity index (χ2v) is 6.52. The van der Waals surface area contributed by atoms with Gasteiger partial charge < -0.3 is 4.74 Å². The average Bonchev–Trinajstić information content (AvgIpc) is 2.74. The molecule has 0 spiro atoms. The highest BCUT2D eigenvalue weighted by molar-refractivity contribution is 6.04. The van der Waals surface area contributed by atoms with Crippen LogP contribution in [0.4, 0.5) is 10.5 Å². The molecule has 1 aliphatic heterocycles. The van der Waals surface area contributed by atoms with Crippen molar-refractivity contribution in [3.05, 3.63) is 77.9 Å². The van der Waals surface area contributed by atoms with Gasteiger partial charge in [-0.3, -0.25) is 10.1 Å². The summed E-state index contributed by atoms with van der Waals surface area (Å²) in [4.78, 5) is 23.4. The third kappa shape index (κ3) is 4.01. The van der Waals surface area contributed by atoms with Crippen molar-refractivity contribution < 1.29 is 14.3 Å². The number of hydrogen-bond acceptors (Lipinski definition) is 4. The minimum Gasteiger partial charge on any atom is -0.444 e. The van der Waals surface area contributed by atoms with Gasteiger partial charge in [-0.1, -0.05) is 60.7 Å². The van der Waals surface area contributed by atoms with Crippen LogP contribution in [-0.2, 0) is 16.1 Å². The van der Waals surface area contributed by atoms with Crippen molar-refractivity contribution in [1.29, 1.82) is 0 Å². The predicted molar refractivity (Wildman–Crippen MR) is 108 cm³/mol. The van der Waals surface area contributed by atoms with Gasteiger partial charge in [0.15, 0.2) is 0 Å². The number of amides is 2. The Kier molecular flexibility index (Phi) is 5.01. The molecule has 0 aromatic heterocycles. The van der Waals surface area contributed by atoms with Gasteiger partial charge in [0.2, 0.25) is 5.91 Å². The molecule has 140 valence electrons. The average molecular weight is 373 g/mol. The van der Waals surface area contributed by atoms with E-state index in [2.05, 4.69) is 15.8 Å². The Morgan fingerprint density at radius 2 is 1.79 bits per heavy atom. The fourth-order valence-electron chi connectivity index (χ4n) is 3.11. The number of anilines is 1. The van der Waals surface area contributed by atoms with E-state index >= 15 is 0 Å². The fourth-order valence-corrected chi connectivity index (χ4v) is 3.11. The van der Waals surface area contributed by atoms with Gasteiger partial charge in [-0.15, -0.1) is 0 Å². The molecule has 2 amide bonds. The number of ether oxygens (including phenoxy) is 1. The predicted octanol–water partition coefficient (Wildman–Crippen LogP) is 4.20. The molecule has 0 saturated carbocycles. The Morgan fingerprint density at radius 3 is 2.57 bits per heavy atom. The number of carbonyl (C=O) groups is 2. The van der Waals surface area contributed by atoms with E-state index in [1.54, 1.807) is 0 Å². The van der Waals surface area contributed by atoms with E-state index in [4.69, 9.17) is 4.74 Å². The third-order valence-corrected chi connectivity index (χ3v) is 4.59. The first kappa shape index (κ1) is 17.7. The van der Waals surface area contributed by atoms with E-state index < -0.39 is 6.09 Å². The van der Waals surface area contributed by atoms with Crippen molar-refractivity contribution in [3.8, 4) is 0 Å². The summed E-state index contributed by atoms with van der Waals surface area (Å²) >= 11 is 0. The van der Waals surface area contributed by atoms with E-state index in [-0.39, 0.29) is 12.5 Å². The molecular weight excluding hydrogens is 354 g/mol. The Labute approximate surface area is 162 Å². The van der Waals surface area contributed by atoms with Crippen molar-refractivity contribution >= 4 is 34.2 Å². The monoisotopic (exact) mass is 373 g/mol. The van der Waals surface area contributed by atoms with Gasteiger partial charge in [0.25, 0.3) is 0 Å². The minimum absolute atomic E-state index is 0.0639. The molecule has 0 radical (unpaired) electrons. The quantitative estimate of drug-likeness (QED) is 0.719. The lowest BCUT2D eigenvalue weighted by Gasteiger charge is -2.13. The number of carbonyl (C=O) groups excluding carboxylic acids is 2. The first-order valence-electron chi connectivity index (χ1n) is 9.05. The van der Waals surface area contributed by atoms with E-state index in [0.29, 0.717) is 12.8 Å². The van der Waals surface area contributed by atoms with Gasteiger partial charge in [0, 0.05) is 18.2 Å². The molecule has 6 nitrogen and oxygen atoms in total. The second-order valence-electron chi connectivity index (χ2n) is 6.52. The van der Waals surface area contributed by atoms with E-state index in [9.17, 15) is 9.59 Å². The maximum Gasteiger partial charge on any atom is 0.411 e.